The molecule has 0 spiro atoms. The maximum absolute atomic E-state index is 13.2. The van der Waals surface area contributed by atoms with Gasteiger partial charge in [0.15, 0.2) is 9.84 Å². The molecular formula is C25H29F3N2O4S. The summed E-state index contributed by atoms with van der Waals surface area (Å²) in [6, 6.07) is 13.7. The van der Waals surface area contributed by atoms with E-state index in [4.69, 9.17) is 4.74 Å². The zero-order valence-electron chi connectivity index (χ0n) is 19.3. The van der Waals surface area contributed by atoms with Crippen LogP contribution in [0.4, 0.5) is 18.0 Å². The van der Waals surface area contributed by atoms with E-state index in [2.05, 4.69) is 0 Å². The van der Waals surface area contributed by atoms with E-state index in [1.807, 2.05) is 6.07 Å². The second-order valence-corrected chi connectivity index (χ2v) is 11.4. The molecule has 35 heavy (non-hydrogen) atoms. The number of carbonyl (C=O) groups excluding carboxylic acids is 1. The molecule has 0 aromatic heterocycles. The largest absolute Gasteiger partial charge is 0.416 e. The summed E-state index contributed by atoms with van der Waals surface area (Å²) in [6.07, 6.45) is -3.95. The van der Waals surface area contributed by atoms with Crippen molar-refractivity contribution in [2.45, 2.75) is 24.3 Å². The average molecular weight is 511 g/mol. The lowest BCUT2D eigenvalue weighted by Gasteiger charge is -2.41. The standard InChI is InChI=1S/C25H29F3N2O4S/c26-25(27,28)23-8-6-21(7-9-23)22-14-20(18-35(32,33)17-19-4-2-1-3-5-19)15-30(16-22)24(31)29-10-12-34-13-11-29/h1-9,20,22H,10-18H2. The van der Waals surface area contributed by atoms with Gasteiger partial charge in [-0.2, -0.15) is 13.2 Å². The molecule has 0 N–H and O–H groups in total. The van der Waals surface area contributed by atoms with Gasteiger partial charge in [-0.1, -0.05) is 42.5 Å². The van der Waals surface area contributed by atoms with Crippen molar-refractivity contribution < 1.29 is 31.1 Å². The van der Waals surface area contributed by atoms with Crippen LogP contribution in [0.15, 0.2) is 54.6 Å². The predicted molar refractivity (Wildman–Crippen MR) is 126 cm³/mol. The molecule has 2 saturated heterocycles. The molecule has 190 valence electrons. The van der Waals surface area contributed by atoms with Gasteiger partial charge in [-0.15, -0.1) is 0 Å². The van der Waals surface area contributed by atoms with Crippen molar-refractivity contribution in [3.8, 4) is 0 Å². The van der Waals surface area contributed by atoms with Gasteiger partial charge in [-0.25, -0.2) is 13.2 Å². The van der Waals surface area contributed by atoms with Gasteiger partial charge >= 0.3 is 12.2 Å². The van der Waals surface area contributed by atoms with Gasteiger partial charge in [-0.3, -0.25) is 0 Å². The highest BCUT2D eigenvalue weighted by atomic mass is 32.2. The molecule has 2 aliphatic rings. The molecule has 0 bridgehead atoms. The van der Waals surface area contributed by atoms with Gasteiger partial charge in [0.25, 0.3) is 0 Å². The van der Waals surface area contributed by atoms with Crippen LogP contribution in [0.25, 0.3) is 0 Å². The minimum Gasteiger partial charge on any atom is -0.378 e. The second kappa shape index (κ2) is 10.6. The Hall–Kier alpha value is -2.59. The molecule has 2 amide bonds. The monoisotopic (exact) mass is 510 g/mol. The van der Waals surface area contributed by atoms with Crippen LogP contribution in [0, 0.1) is 5.92 Å². The second-order valence-electron chi connectivity index (χ2n) is 9.25. The third-order valence-electron chi connectivity index (χ3n) is 6.52. The van der Waals surface area contributed by atoms with E-state index in [-0.39, 0.29) is 29.4 Å². The molecule has 0 saturated carbocycles. The highest BCUT2D eigenvalue weighted by Gasteiger charge is 2.36. The number of hydrogen-bond donors (Lipinski definition) is 0. The quantitative estimate of drug-likeness (QED) is 0.606. The first-order chi connectivity index (χ1) is 16.6. The smallest absolute Gasteiger partial charge is 0.378 e. The van der Waals surface area contributed by atoms with E-state index >= 15 is 0 Å². The summed E-state index contributed by atoms with van der Waals surface area (Å²) in [5.74, 6) is -0.763. The Labute approximate surface area is 203 Å². The first kappa shape index (κ1) is 25.5. The highest BCUT2D eigenvalue weighted by Crippen LogP contribution is 2.35. The number of morpholine rings is 1. The van der Waals surface area contributed by atoms with Crippen LogP contribution in [0.5, 0.6) is 0 Å². The lowest BCUT2D eigenvalue weighted by molar-refractivity contribution is -0.137. The molecule has 0 aliphatic carbocycles. The van der Waals surface area contributed by atoms with Crippen molar-refractivity contribution in [1.82, 2.24) is 9.80 Å². The number of benzene rings is 2. The van der Waals surface area contributed by atoms with E-state index in [0.29, 0.717) is 56.9 Å². The Bertz CT molecular complexity index is 1100. The first-order valence-electron chi connectivity index (χ1n) is 11.6. The van der Waals surface area contributed by atoms with Crippen LogP contribution < -0.4 is 0 Å². The Morgan fingerprint density at radius 2 is 1.60 bits per heavy atom. The minimum absolute atomic E-state index is 0.0906. The number of likely N-dealkylation sites (tertiary alicyclic amines) is 1. The Morgan fingerprint density at radius 3 is 2.23 bits per heavy atom. The molecule has 2 fully saturated rings. The molecule has 2 unspecified atom stereocenters. The zero-order chi connectivity index (χ0) is 25.1. The number of hydrogen-bond acceptors (Lipinski definition) is 4. The maximum atomic E-state index is 13.2. The van der Waals surface area contributed by atoms with Gasteiger partial charge in [0.2, 0.25) is 0 Å². The third-order valence-corrected chi connectivity index (χ3v) is 8.27. The summed E-state index contributed by atoms with van der Waals surface area (Å²) in [5.41, 5.74) is 0.632. The van der Waals surface area contributed by atoms with Crippen molar-refractivity contribution >= 4 is 15.9 Å². The van der Waals surface area contributed by atoms with Crippen LogP contribution in [-0.2, 0) is 26.5 Å². The number of ether oxygens (including phenoxy) is 1. The Kier molecular flexibility index (Phi) is 7.70. The highest BCUT2D eigenvalue weighted by molar-refractivity contribution is 7.90. The fraction of sp³-hybridized carbons (Fsp3) is 0.480. The van der Waals surface area contributed by atoms with Crippen LogP contribution in [0.3, 0.4) is 0 Å². The number of alkyl halides is 3. The molecule has 10 heteroatoms. The molecule has 2 atom stereocenters. The van der Waals surface area contributed by atoms with E-state index in [9.17, 15) is 26.4 Å². The van der Waals surface area contributed by atoms with Crippen molar-refractivity contribution in [2.24, 2.45) is 5.92 Å². The van der Waals surface area contributed by atoms with Crippen LogP contribution in [0.1, 0.15) is 29.0 Å². The Morgan fingerprint density at radius 1 is 0.943 bits per heavy atom. The number of urea groups is 1. The number of sulfone groups is 1. The van der Waals surface area contributed by atoms with E-state index < -0.39 is 21.6 Å². The predicted octanol–water partition coefficient (Wildman–Crippen LogP) is 4.18. The summed E-state index contributed by atoms with van der Waals surface area (Å²) >= 11 is 0. The zero-order valence-corrected chi connectivity index (χ0v) is 20.1. The summed E-state index contributed by atoms with van der Waals surface area (Å²) in [5, 5.41) is 0. The summed E-state index contributed by atoms with van der Waals surface area (Å²) in [7, 11) is -3.46. The number of amides is 2. The third kappa shape index (κ3) is 6.76. The first-order valence-corrected chi connectivity index (χ1v) is 13.5. The van der Waals surface area contributed by atoms with Gasteiger partial charge in [-0.05, 0) is 35.6 Å². The van der Waals surface area contributed by atoms with Crippen molar-refractivity contribution in [3.63, 3.8) is 0 Å². The van der Waals surface area contributed by atoms with Gasteiger partial charge in [0.1, 0.15) is 0 Å². The normalized spacial score (nSPS) is 21.7. The van der Waals surface area contributed by atoms with Crippen molar-refractivity contribution in [2.75, 3.05) is 45.1 Å². The van der Waals surface area contributed by atoms with Gasteiger partial charge in [0, 0.05) is 32.1 Å². The molecule has 2 aromatic rings. The fourth-order valence-electron chi connectivity index (χ4n) is 4.87. The van der Waals surface area contributed by atoms with Crippen LogP contribution in [-0.4, -0.2) is 69.4 Å². The number of carbonyl (C=O) groups is 1. The lowest BCUT2D eigenvalue weighted by atomic mass is 9.85. The Balaban J connectivity index is 1.54. The molecule has 2 heterocycles. The van der Waals surface area contributed by atoms with Crippen molar-refractivity contribution in [3.05, 3.63) is 71.3 Å². The molecule has 4 rings (SSSR count). The number of piperidine rings is 1. The molecule has 6 nitrogen and oxygen atoms in total. The molecular weight excluding hydrogens is 481 g/mol. The summed E-state index contributed by atoms with van der Waals surface area (Å²) < 4.78 is 70.4. The number of rotatable bonds is 5. The summed E-state index contributed by atoms with van der Waals surface area (Å²) in [4.78, 5) is 16.6. The average Bonchev–Trinajstić information content (AvgIpc) is 2.83. The van der Waals surface area contributed by atoms with Crippen LogP contribution >= 0.6 is 0 Å². The SMILES string of the molecule is O=C(N1CCOCC1)N1CC(CS(=O)(=O)Cc2ccccc2)CC(c2ccc(C(F)(F)F)cc2)C1. The molecule has 2 aliphatic heterocycles. The van der Waals surface area contributed by atoms with E-state index in [0.717, 1.165) is 12.1 Å². The van der Waals surface area contributed by atoms with Gasteiger partial charge in [0.05, 0.1) is 30.3 Å². The number of nitrogens with zero attached hydrogens (tertiary/aromatic N) is 2. The molecule has 2 aromatic carbocycles. The number of halogens is 3. The van der Waals surface area contributed by atoms with Crippen LogP contribution in [0.2, 0.25) is 0 Å². The fourth-order valence-corrected chi connectivity index (χ4v) is 6.65. The minimum atomic E-state index is -4.43. The maximum Gasteiger partial charge on any atom is 0.416 e. The molecule has 0 radical (unpaired) electrons. The van der Waals surface area contributed by atoms with E-state index in [1.165, 1.54) is 12.1 Å². The van der Waals surface area contributed by atoms with Gasteiger partial charge < -0.3 is 14.5 Å². The lowest BCUT2D eigenvalue weighted by Crippen LogP contribution is -2.53. The van der Waals surface area contributed by atoms with Crippen molar-refractivity contribution in [1.29, 1.82) is 0 Å². The summed E-state index contributed by atoms with van der Waals surface area (Å²) in [6.45, 7) is 2.42. The van der Waals surface area contributed by atoms with E-state index in [1.54, 1.807) is 34.1 Å². The topological polar surface area (TPSA) is 66.9 Å².